The molecule has 0 aliphatic heterocycles. The third-order valence-corrected chi connectivity index (χ3v) is 2.96. The quantitative estimate of drug-likeness (QED) is 0.688. The Morgan fingerprint density at radius 3 is 2.54 bits per heavy atom. The van der Waals surface area contributed by atoms with E-state index < -0.39 is 0 Å². The normalized spacial score (nSPS) is 21.1. The van der Waals surface area contributed by atoms with Gasteiger partial charge in [0.1, 0.15) is 0 Å². The van der Waals surface area contributed by atoms with Crippen LogP contribution < -0.4 is 11.1 Å². The van der Waals surface area contributed by atoms with Gasteiger partial charge in [0, 0.05) is 6.54 Å². The Kier molecular flexibility index (Phi) is 3.72. The van der Waals surface area contributed by atoms with E-state index in [2.05, 4.69) is 12.2 Å². The van der Waals surface area contributed by atoms with E-state index in [1.807, 2.05) is 0 Å². The summed E-state index contributed by atoms with van der Waals surface area (Å²) < 4.78 is 0. The molecule has 0 bridgehead atoms. The van der Waals surface area contributed by atoms with Crippen molar-refractivity contribution in [3.8, 4) is 0 Å². The molecule has 0 unspecified atom stereocenters. The van der Waals surface area contributed by atoms with Gasteiger partial charge >= 0.3 is 0 Å². The van der Waals surface area contributed by atoms with E-state index in [0.717, 1.165) is 6.54 Å². The maximum atomic E-state index is 11.0. The van der Waals surface area contributed by atoms with Crippen molar-refractivity contribution >= 4 is 5.91 Å². The van der Waals surface area contributed by atoms with Crippen LogP contribution in [0.25, 0.3) is 0 Å². The summed E-state index contributed by atoms with van der Waals surface area (Å²) in [6, 6.07) is 0. The minimum Gasteiger partial charge on any atom is -0.354 e. The number of carbonyl (C=O) groups excluding carboxylic acids is 1. The molecule has 0 saturated heterocycles. The molecule has 0 aromatic carbocycles. The lowest BCUT2D eigenvalue weighted by Crippen LogP contribution is -2.39. The number of nitrogens with one attached hydrogen (secondary N) is 1. The first-order valence-electron chi connectivity index (χ1n) is 5.13. The molecular formula is C10H20N2O. The molecule has 0 aromatic rings. The lowest BCUT2D eigenvalue weighted by Gasteiger charge is -2.33. The highest BCUT2D eigenvalue weighted by Gasteiger charge is 2.26. The van der Waals surface area contributed by atoms with Crippen molar-refractivity contribution in [2.75, 3.05) is 13.1 Å². The molecule has 0 spiro atoms. The maximum absolute atomic E-state index is 11.0. The molecule has 1 rings (SSSR count). The SMILES string of the molecule is CC1(CNC(=O)CN)CCCCC1. The van der Waals surface area contributed by atoms with Crippen LogP contribution in [0.4, 0.5) is 0 Å². The van der Waals surface area contributed by atoms with Crippen LogP contribution in [0.5, 0.6) is 0 Å². The van der Waals surface area contributed by atoms with Gasteiger partial charge in [-0.15, -0.1) is 0 Å². The number of nitrogens with two attached hydrogens (primary N) is 1. The summed E-state index contributed by atoms with van der Waals surface area (Å²) in [7, 11) is 0. The Bertz CT molecular complexity index is 174. The van der Waals surface area contributed by atoms with Crippen LogP contribution in [-0.4, -0.2) is 19.0 Å². The molecule has 1 saturated carbocycles. The van der Waals surface area contributed by atoms with Gasteiger partial charge in [-0.25, -0.2) is 0 Å². The third kappa shape index (κ3) is 3.35. The lowest BCUT2D eigenvalue weighted by molar-refractivity contribution is -0.120. The van der Waals surface area contributed by atoms with Gasteiger partial charge < -0.3 is 11.1 Å². The highest BCUT2D eigenvalue weighted by molar-refractivity contribution is 5.77. The zero-order valence-corrected chi connectivity index (χ0v) is 8.44. The molecule has 1 aliphatic carbocycles. The number of hydrogen-bond donors (Lipinski definition) is 2. The Hall–Kier alpha value is -0.570. The van der Waals surface area contributed by atoms with Crippen LogP contribution in [0.15, 0.2) is 0 Å². The highest BCUT2D eigenvalue weighted by atomic mass is 16.1. The van der Waals surface area contributed by atoms with Gasteiger partial charge in [0.15, 0.2) is 0 Å². The monoisotopic (exact) mass is 184 g/mol. The Morgan fingerprint density at radius 1 is 1.38 bits per heavy atom. The Balaban J connectivity index is 2.28. The largest absolute Gasteiger partial charge is 0.354 e. The zero-order valence-electron chi connectivity index (χ0n) is 8.44. The van der Waals surface area contributed by atoms with Gasteiger partial charge in [-0.05, 0) is 18.3 Å². The molecule has 1 amide bonds. The average molecular weight is 184 g/mol. The molecule has 76 valence electrons. The van der Waals surface area contributed by atoms with E-state index in [1.165, 1.54) is 32.1 Å². The van der Waals surface area contributed by atoms with E-state index in [0.29, 0.717) is 5.41 Å². The molecule has 0 aromatic heterocycles. The van der Waals surface area contributed by atoms with Crippen LogP contribution in [-0.2, 0) is 4.79 Å². The van der Waals surface area contributed by atoms with Crippen molar-refractivity contribution in [1.82, 2.24) is 5.32 Å². The minimum atomic E-state index is -0.0354. The first-order chi connectivity index (χ1) is 6.16. The van der Waals surface area contributed by atoms with Crippen LogP contribution in [0.2, 0.25) is 0 Å². The number of rotatable bonds is 3. The summed E-state index contributed by atoms with van der Waals surface area (Å²) in [6.45, 7) is 3.15. The second-order valence-corrected chi connectivity index (χ2v) is 4.35. The van der Waals surface area contributed by atoms with Crippen LogP contribution in [0.1, 0.15) is 39.0 Å². The van der Waals surface area contributed by atoms with Gasteiger partial charge in [0.05, 0.1) is 6.54 Å². The summed E-state index contributed by atoms with van der Waals surface area (Å²) in [5, 5.41) is 2.88. The minimum absolute atomic E-state index is 0.0354. The van der Waals surface area contributed by atoms with Crippen LogP contribution >= 0.6 is 0 Å². The smallest absolute Gasteiger partial charge is 0.233 e. The van der Waals surface area contributed by atoms with E-state index in [9.17, 15) is 4.79 Å². The summed E-state index contributed by atoms with van der Waals surface area (Å²) in [5.41, 5.74) is 5.54. The molecule has 13 heavy (non-hydrogen) atoms. The summed E-state index contributed by atoms with van der Waals surface area (Å²) in [4.78, 5) is 11.0. The summed E-state index contributed by atoms with van der Waals surface area (Å²) >= 11 is 0. The maximum Gasteiger partial charge on any atom is 0.233 e. The lowest BCUT2D eigenvalue weighted by atomic mass is 9.76. The Morgan fingerprint density at radius 2 is 2.00 bits per heavy atom. The standard InChI is InChI=1S/C10H20N2O/c1-10(5-3-2-4-6-10)8-12-9(13)7-11/h2-8,11H2,1H3,(H,12,13). The first-order valence-corrected chi connectivity index (χ1v) is 5.13. The van der Waals surface area contributed by atoms with Gasteiger partial charge in [-0.1, -0.05) is 26.2 Å². The van der Waals surface area contributed by atoms with Gasteiger partial charge in [-0.3, -0.25) is 4.79 Å². The van der Waals surface area contributed by atoms with Gasteiger partial charge in [0.25, 0.3) is 0 Å². The van der Waals surface area contributed by atoms with E-state index in [-0.39, 0.29) is 12.5 Å². The van der Waals surface area contributed by atoms with E-state index >= 15 is 0 Å². The van der Waals surface area contributed by atoms with Gasteiger partial charge in [-0.2, -0.15) is 0 Å². The average Bonchev–Trinajstić information content (AvgIpc) is 2.15. The fourth-order valence-corrected chi connectivity index (χ4v) is 1.97. The van der Waals surface area contributed by atoms with Crippen molar-refractivity contribution in [1.29, 1.82) is 0 Å². The predicted molar refractivity (Wildman–Crippen MR) is 53.3 cm³/mol. The summed E-state index contributed by atoms with van der Waals surface area (Å²) in [6.07, 6.45) is 6.42. The molecule has 3 N–H and O–H groups in total. The topological polar surface area (TPSA) is 55.1 Å². The molecule has 3 nitrogen and oxygen atoms in total. The molecular weight excluding hydrogens is 164 g/mol. The zero-order chi connectivity index (χ0) is 9.73. The van der Waals surface area contributed by atoms with E-state index in [1.54, 1.807) is 0 Å². The second-order valence-electron chi connectivity index (χ2n) is 4.35. The van der Waals surface area contributed by atoms with Crippen molar-refractivity contribution in [3.05, 3.63) is 0 Å². The molecule has 1 fully saturated rings. The molecule has 1 aliphatic rings. The van der Waals surface area contributed by atoms with Crippen LogP contribution in [0.3, 0.4) is 0 Å². The molecule has 3 heteroatoms. The van der Waals surface area contributed by atoms with Gasteiger partial charge in [0.2, 0.25) is 5.91 Å². The predicted octanol–water partition coefficient (Wildman–Crippen LogP) is 1.03. The molecule has 0 heterocycles. The van der Waals surface area contributed by atoms with Crippen molar-refractivity contribution in [2.24, 2.45) is 11.1 Å². The van der Waals surface area contributed by atoms with Crippen molar-refractivity contribution < 1.29 is 4.79 Å². The fraction of sp³-hybridized carbons (Fsp3) is 0.900. The fourth-order valence-electron chi connectivity index (χ4n) is 1.97. The second kappa shape index (κ2) is 4.61. The number of hydrogen-bond acceptors (Lipinski definition) is 2. The van der Waals surface area contributed by atoms with Crippen LogP contribution in [0, 0.1) is 5.41 Å². The first kappa shape index (κ1) is 10.5. The highest BCUT2D eigenvalue weighted by Crippen LogP contribution is 2.34. The Labute approximate surface area is 80.1 Å². The number of amides is 1. The number of carbonyl (C=O) groups is 1. The molecule has 0 radical (unpaired) electrons. The summed E-state index contributed by atoms with van der Waals surface area (Å²) in [5.74, 6) is -0.0354. The molecule has 0 atom stereocenters. The van der Waals surface area contributed by atoms with Crippen molar-refractivity contribution in [3.63, 3.8) is 0 Å². The van der Waals surface area contributed by atoms with Crippen molar-refractivity contribution in [2.45, 2.75) is 39.0 Å². The van der Waals surface area contributed by atoms with E-state index in [4.69, 9.17) is 5.73 Å². The third-order valence-electron chi connectivity index (χ3n) is 2.96.